The molecule has 2 saturated carbocycles. The Bertz CT molecular complexity index is 850. The van der Waals surface area contributed by atoms with Crippen LogP contribution in [0.2, 0.25) is 0 Å². The summed E-state index contributed by atoms with van der Waals surface area (Å²) in [7, 11) is 0. The number of hydrogen-bond acceptors (Lipinski definition) is 5. The SMILES string of the molecule is Cl.NC1CC2(C1)CC(Nc1cc(-c3n[nH]c(=O)o3)ccc1C(F)(F)F)C2. The van der Waals surface area contributed by atoms with Gasteiger partial charge >= 0.3 is 11.9 Å². The van der Waals surface area contributed by atoms with Gasteiger partial charge in [0.05, 0.1) is 5.56 Å². The summed E-state index contributed by atoms with van der Waals surface area (Å²) in [5.74, 6) is -0.802. The first-order valence-corrected chi connectivity index (χ1v) is 8.03. The Morgan fingerprint density at radius 1 is 1.27 bits per heavy atom. The van der Waals surface area contributed by atoms with E-state index in [2.05, 4.69) is 15.5 Å². The smallest absolute Gasteiger partial charge is 0.388 e. The number of nitrogens with two attached hydrogens (primary N) is 1. The van der Waals surface area contributed by atoms with Crippen LogP contribution in [-0.4, -0.2) is 22.3 Å². The summed E-state index contributed by atoms with van der Waals surface area (Å²) in [6.45, 7) is 0. The number of anilines is 1. The Hall–Kier alpha value is -2.00. The number of alkyl halides is 3. The lowest BCUT2D eigenvalue weighted by Crippen LogP contribution is -2.57. The second kappa shape index (κ2) is 6.31. The van der Waals surface area contributed by atoms with Crippen molar-refractivity contribution in [3.63, 3.8) is 0 Å². The molecule has 0 aliphatic heterocycles. The van der Waals surface area contributed by atoms with E-state index in [4.69, 9.17) is 10.2 Å². The molecule has 1 spiro atoms. The molecule has 0 saturated heterocycles. The highest BCUT2D eigenvalue weighted by molar-refractivity contribution is 5.85. The minimum atomic E-state index is -4.48. The maximum atomic E-state index is 13.3. The molecule has 1 aromatic carbocycles. The van der Waals surface area contributed by atoms with Crippen LogP contribution < -0.4 is 16.8 Å². The Kier molecular flexibility index (Phi) is 4.56. The molecular formula is C16H18ClF3N4O2. The van der Waals surface area contributed by atoms with Crippen LogP contribution in [0.25, 0.3) is 11.5 Å². The number of H-pyrrole nitrogens is 1. The van der Waals surface area contributed by atoms with Gasteiger partial charge in [-0.2, -0.15) is 13.2 Å². The summed E-state index contributed by atoms with van der Waals surface area (Å²) >= 11 is 0. The van der Waals surface area contributed by atoms with Crippen LogP contribution in [0.1, 0.15) is 31.2 Å². The van der Waals surface area contributed by atoms with Gasteiger partial charge in [-0.05, 0) is 49.3 Å². The third-order valence-electron chi connectivity index (χ3n) is 5.12. The minimum Gasteiger partial charge on any atom is -0.388 e. The number of rotatable bonds is 3. The van der Waals surface area contributed by atoms with Crippen molar-refractivity contribution < 1.29 is 17.6 Å². The van der Waals surface area contributed by atoms with E-state index in [1.54, 1.807) is 0 Å². The molecule has 0 atom stereocenters. The fourth-order valence-electron chi connectivity index (χ4n) is 4.09. The van der Waals surface area contributed by atoms with Crippen molar-refractivity contribution in [1.29, 1.82) is 0 Å². The predicted molar refractivity (Wildman–Crippen MR) is 91.1 cm³/mol. The van der Waals surface area contributed by atoms with Crippen LogP contribution in [0.3, 0.4) is 0 Å². The third-order valence-corrected chi connectivity index (χ3v) is 5.12. The Morgan fingerprint density at radius 2 is 1.96 bits per heavy atom. The lowest BCUT2D eigenvalue weighted by molar-refractivity contribution is -0.137. The van der Waals surface area contributed by atoms with E-state index in [0.29, 0.717) is 5.56 Å². The van der Waals surface area contributed by atoms with Crippen molar-refractivity contribution in [1.82, 2.24) is 10.2 Å². The molecule has 4 rings (SSSR count). The molecule has 142 valence electrons. The van der Waals surface area contributed by atoms with Gasteiger partial charge in [-0.15, -0.1) is 17.5 Å². The van der Waals surface area contributed by atoms with E-state index in [-0.39, 0.29) is 41.5 Å². The summed E-state index contributed by atoms with van der Waals surface area (Å²) in [5.41, 5.74) is 5.55. The molecule has 10 heteroatoms. The topological polar surface area (TPSA) is 96.9 Å². The number of aromatic nitrogens is 2. The van der Waals surface area contributed by atoms with Gasteiger partial charge in [0.2, 0.25) is 5.89 Å². The van der Waals surface area contributed by atoms with Gasteiger partial charge in [-0.3, -0.25) is 0 Å². The van der Waals surface area contributed by atoms with Gasteiger partial charge in [-0.1, -0.05) is 0 Å². The quantitative estimate of drug-likeness (QED) is 0.748. The monoisotopic (exact) mass is 390 g/mol. The second-order valence-electron chi connectivity index (χ2n) is 7.09. The molecule has 0 radical (unpaired) electrons. The molecule has 4 N–H and O–H groups in total. The molecule has 2 aromatic rings. The largest absolute Gasteiger partial charge is 0.434 e. The van der Waals surface area contributed by atoms with E-state index in [1.807, 2.05) is 0 Å². The number of nitrogens with one attached hydrogen (secondary N) is 2. The summed E-state index contributed by atoms with van der Waals surface area (Å²) in [6, 6.07) is 3.73. The van der Waals surface area contributed by atoms with E-state index in [0.717, 1.165) is 31.7 Å². The molecule has 2 aliphatic carbocycles. The van der Waals surface area contributed by atoms with Gasteiger partial charge < -0.3 is 15.5 Å². The van der Waals surface area contributed by atoms with Crippen molar-refractivity contribution in [3.05, 3.63) is 34.3 Å². The lowest BCUT2D eigenvalue weighted by Gasteiger charge is -2.57. The zero-order valence-electron chi connectivity index (χ0n) is 13.6. The van der Waals surface area contributed by atoms with Crippen LogP contribution in [0.5, 0.6) is 0 Å². The second-order valence-corrected chi connectivity index (χ2v) is 7.09. The number of benzene rings is 1. The molecule has 1 heterocycles. The van der Waals surface area contributed by atoms with E-state index < -0.39 is 17.5 Å². The summed E-state index contributed by atoms with van der Waals surface area (Å²) in [4.78, 5) is 11.1. The standard InChI is InChI=1S/C16H17F3N4O2.ClH/c17-16(18,19)11-2-1-8(13-22-23-14(24)25-13)3-12(11)21-10-6-15(7-10)4-9(20)5-15;/h1-3,9-10,21H,4-7,20H2,(H,23,24);1H. The molecule has 1 aromatic heterocycles. The number of halogens is 4. The number of aromatic amines is 1. The van der Waals surface area contributed by atoms with Gasteiger partial charge in [0.15, 0.2) is 0 Å². The zero-order chi connectivity index (χ0) is 17.8. The first-order valence-electron chi connectivity index (χ1n) is 8.03. The van der Waals surface area contributed by atoms with Crippen LogP contribution in [0, 0.1) is 5.41 Å². The fraction of sp³-hybridized carbons (Fsp3) is 0.500. The molecule has 0 bridgehead atoms. The van der Waals surface area contributed by atoms with Crippen molar-refractivity contribution in [2.75, 3.05) is 5.32 Å². The van der Waals surface area contributed by atoms with Crippen LogP contribution in [-0.2, 0) is 6.18 Å². The van der Waals surface area contributed by atoms with Crippen molar-refractivity contribution in [3.8, 4) is 11.5 Å². The summed E-state index contributed by atoms with van der Waals surface area (Å²) in [5, 5.41) is 8.75. The molecule has 2 aliphatic rings. The fourth-order valence-corrected chi connectivity index (χ4v) is 4.09. The normalized spacial score (nSPS) is 27.4. The highest BCUT2D eigenvalue weighted by Gasteiger charge is 2.52. The maximum Gasteiger partial charge on any atom is 0.434 e. The van der Waals surface area contributed by atoms with Crippen LogP contribution >= 0.6 is 12.4 Å². The highest BCUT2D eigenvalue weighted by atomic mass is 35.5. The predicted octanol–water partition coefficient (Wildman–Crippen LogP) is 3.15. The maximum absolute atomic E-state index is 13.3. The van der Waals surface area contributed by atoms with E-state index in [1.165, 1.54) is 12.1 Å². The zero-order valence-corrected chi connectivity index (χ0v) is 14.4. The molecule has 2 fully saturated rings. The summed E-state index contributed by atoms with van der Waals surface area (Å²) in [6.07, 6.45) is -0.960. The molecule has 26 heavy (non-hydrogen) atoms. The van der Waals surface area contributed by atoms with E-state index >= 15 is 0 Å². The van der Waals surface area contributed by atoms with Crippen molar-refractivity contribution in [2.24, 2.45) is 11.1 Å². The van der Waals surface area contributed by atoms with Crippen LogP contribution in [0.4, 0.5) is 18.9 Å². The summed E-state index contributed by atoms with van der Waals surface area (Å²) < 4.78 is 44.7. The molecular weight excluding hydrogens is 373 g/mol. The van der Waals surface area contributed by atoms with Gasteiger partial charge in [0.25, 0.3) is 0 Å². The number of hydrogen-bond donors (Lipinski definition) is 3. The molecule has 0 amide bonds. The lowest BCUT2D eigenvalue weighted by atomic mass is 9.52. The molecule has 0 unspecified atom stereocenters. The van der Waals surface area contributed by atoms with Gasteiger partial charge in [0, 0.05) is 23.3 Å². The Balaban J connectivity index is 0.00000196. The van der Waals surface area contributed by atoms with Gasteiger partial charge in [-0.25, -0.2) is 9.89 Å². The first kappa shape index (κ1) is 18.8. The average molecular weight is 391 g/mol. The Morgan fingerprint density at radius 3 is 2.50 bits per heavy atom. The number of nitrogens with zero attached hydrogens (tertiary/aromatic N) is 1. The van der Waals surface area contributed by atoms with Gasteiger partial charge in [0.1, 0.15) is 0 Å². The Labute approximate surface area is 152 Å². The van der Waals surface area contributed by atoms with Crippen LogP contribution in [0.15, 0.2) is 27.4 Å². The average Bonchev–Trinajstić information content (AvgIpc) is 2.89. The third kappa shape index (κ3) is 3.33. The van der Waals surface area contributed by atoms with Crippen molar-refractivity contribution in [2.45, 2.75) is 43.9 Å². The minimum absolute atomic E-state index is 0. The highest BCUT2D eigenvalue weighted by Crippen LogP contribution is 2.56. The molecule has 6 nitrogen and oxygen atoms in total. The van der Waals surface area contributed by atoms with Crippen molar-refractivity contribution >= 4 is 18.1 Å². The first-order chi connectivity index (χ1) is 11.7. The van der Waals surface area contributed by atoms with E-state index in [9.17, 15) is 18.0 Å².